The van der Waals surface area contributed by atoms with Gasteiger partial charge in [0.25, 0.3) is 0 Å². The quantitative estimate of drug-likeness (QED) is 0.867. The van der Waals surface area contributed by atoms with Crippen molar-refractivity contribution in [2.24, 2.45) is 5.73 Å². The van der Waals surface area contributed by atoms with E-state index >= 15 is 0 Å². The lowest BCUT2D eigenvalue weighted by molar-refractivity contribution is 0.616. The van der Waals surface area contributed by atoms with Crippen LogP contribution in [0, 0.1) is 12.7 Å². The average molecular weight is 269 g/mol. The molecule has 0 aliphatic carbocycles. The van der Waals surface area contributed by atoms with E-state index in [4.69, 9.17) is 5.73 Å². The summed E-state index contributed by atoms with van der Waals surface area (Å²) in [4.78, 5) is 4.22. The van der Waals surface area contributed by atoms with Crippen LogP contribution in [0.3, 0.4) is 0 Å². The summed E-state index contributed by atoms with van der Waals surface area (Å²) in [5, 5.41) is 0. The molecule has 0 bridgehead atoms. The number of benzene rings is 1. The van der Waals surface area contributed by atoms with E-state index < -0.39 is 0 Å². The Bertz CT molecular complexity index is 513. The van der Waals surface area contributed by atoms with E-state index in [1.54, 1.807) is 12.1 Å². The second-order valence-electron chi connectivity index (χ2n) is 3.53. The Morgan fingerprint density at radius 3 is 2.94 bits per heavy atom. The third-order valence-electron chi connectivity index (χ3n) is 2.21. The molecular weight excluding hydrogens is 257 g/mol. The highest BCUT2D eigenvalue weighted by atomic mass is 32.2. The topological polar surface area (TPSA) is 51.8 Å². The highest BCUT2D eigenvalue weighted by molar-refractivity contribution is 8.00. The number of nitrogens with two attached hydrogens (primary N) is 1. The van der Waals surface area contributed by atoms with Gasteiger partial charge < -0.3 is 5.73 Å². The first-order chi connectivity index (χ1) is 8.19. The third-order valence-corrected chi connectivity index (χ3v) is 4.18. The van der Waals surface area contributed by atoms with E-state index in [9.17, 15) is 4.39 Å². The molecule has 0 unspecified atom stereocenters. The van der Waals surface area contributed by atoms with Gasteiger partial charge in [0.15, 0.2) is 4.34 Å². The van der Waals surface area contributed by atoms with Gasteiger partial charge in [0.05, 0.1) is 0 Å². The number of hydrogen-bond acceptors (Lipinski definition) is 5. The average Bonchev–Trinajstić information content (AvgIpc) is 2.74. The van der Waals surface area contributed by atoms with Crippen LogP contribution >= 0.6 is 23.3 Å². The standard InChI is InChI=1S/C11H12FN3S2/c1-7-14-11(17-15-7)16-6-9-4-8(5-13)2-3-10(9)12/h2-4H,5-6,13H2,1H3. The molecule has 1 aromatic heterocycles. The van der Waals surface area contributed by atoms with Crippen molar-refractivity contribution in [1.29, 1.82) is 0 Å². The summed E-state index contributed by atoms with van der Waals surface area (Å²) in [5.74, 6) is 1.11. The maximum absolute atomic E-state index is 13.5. The molecule has 1 aromatic carbocycles. The number of rotatable bonds is 4. The Hall–Kier alpha value is -0.980. The summed E-state index contributed by atoms with van der Waals surface area (Å²) in [6.07, 6.45) is 0. The van der Waals surface area contributed by atoms with Gasteiger partial charge in [-0.25, -0.2) is 9.37 Å². The van der Waals surface area contributed by atoms with Gasteiger partial charge in [-0.05, 0) is 35.6 Å². The summed E-state index contributed by atoms with van der Waals surface area (Å²) in [6, 6.07) is 4.97. The highest BCUT2D eigenvalue weighted by Crippen LogP contribution is 2.25. The fraction of sp³-hybridized carbons (Fsp3) is 0.273. The minimum Gasteiger partial charge on any atom is -0.326 e. The largest absolute Gasteiger partial charge is 0.326 e. The van der Waals surface area contributed by atoms with Crippen LogP contribution in [0.5, 0.6) is 0 Å². The number of nitrogens with zero attached hydrogens (tertiary/aromatic N) is 2. The maximum atomic E-state index is 13.5. The normalized spacial score (nSPS) is 10.8. The van der Waals surface area contributed by atoms with Crippen LogP contribution in [0.1, 0.15) is 17.0 Å². The Kier molecular flexibility index (Phi) is 4.09. The van der Waals surface area contributed by atoms with Crippen LogP contribution in [0.4, 0.5) is 4.39 Å². The van der Waals surface area contributed by atoms with E-state index in [-0.39, 0.29) is 5.82 Å². The Balaban J connectivity index is 2.07. The summed E-state index contributed by atoms with van der Waals surface area (Å²) < 4.78 is 18.5. The van der Waals surface area contributed by atoms with E-state index in [1.165, 1.54) is 29.4 Å². The van der Waals surface area contributed by atoms with Gasteiger partial charge in [-0.2, -0.15) is 4.37 Å². The van der Waals surface area contributed by atoms with Gasteiger partial charge in [-0.3, -0.25) is 0 Å². The predicted octanol–water partition coefficient (Wildman–Crippen LogP) is 2.74. The lowest BCUT2D eigenvalue weighted by Crippen LogP contribution is -1.98. The van der Waals surface area contributed by atoms with Gasteiger partial charge in [0.2, 0.25) is 0 Å². The van der Waals surface area contributed by atoms with Crippen LogP contribution < -0.4 is 5.73 Å². The molecule has 2 aromatic rings. The molecule has 0 aliphatic heterocycles. The van der Waals surface area contributed by atoms with Crippen LogP contribution in [-0.2, 0) is 12.3 Å². The molecule has 0 aliphatic rings. The number of thioether (sulfide) groups is 1. The SMILES string of the molecule is Cc1nsc(SCc2cc(CN)ccc2F)n1. The lowest BCUT2D eigenvalue weighted by atomic mass is 10.1. The molecule has 0 saturated carbocycles. The second kappa shape index (κ2) is 5.57. The second-order valence-corrected chi connectivity index (χ2v) is 5.50. The van der Waals surface area contributed by atoms with Crippen molar-refractivity contribution < 1.29 is 4.39 Å². The van der Waals surface area contributed by atoms with Crippen molar-refractivity contribution in [1.82, 2.24) is 9.36 Å². The first kappa shape index (κ1) is 12.5. The first-order valence-electron chi connectivity index (χ1n) is 5.09. The molecule has 0 fully saturated rings. The van der Waals surface area contributed by atoms with Crippen molar-refractivity contribution in [3.8, 4) is 0 Å². The minimum absolute atomic E-state index is 0.198. The molecular formula is C11H12FN3S2. The lowest BCUT2D eigenvalue weighted by Gasteiger charge is -2.04. The molecule has 0 atom stereocenters. The number of halogens is 1. The zero-order valence-corrected chi connectivity index (χ0v) is 10.9. The third kappa shape index (κ3) is 3.24. The smallest absolute Gasteiger partial charge is 0.170 e. The van der Waals surface area contributed by atoms with E-state index in [1.807, 2.05) is 6.92 Å². The molecule has 0 radical (unpaired) electrons. The Morgan fingerprint density at radius 1 is 1.47 bits per heavy atom. The van der Waals surface area contributed by atoms with Gasteiger partial charge in [-0.1, -0.05) is 23.9 Å². The zero-order chi connectivity index (χ0) is 12.3. The van der Waals surface area contributed by atoms with Gasteiger partial charge in [0, 0.05) is 12.3 Å². The van der Waals surface area contributed by atoms with Crippen LogP contribution in [0.25, 0.3) is 0 Å². The molecule has 6 heteroatoms. The summed E-state index contributed by atoms with van der Waals surface area (Å²) in [5.41, 5.74) is 7.13. The highest BCUT2D eigenvalue weighted by Gasteiger charge is 2.06. The van der Waals surface area contributed by atoms with Gasteiger partial charge >= 0.3 is 0 Å². The van der Waals surface area contributed by atoms with Crippen LogP contribution in [-0.4, -0.2) is 9.36 Å². The monoisotopic (exact) mass is 269 g/mol. The van der Waals surface area contributed by atoms with E-state index in [2.05, 4.69) is 9.36 Å². The number of hydrogen-bond donors (Lipinski definition) is 1. The molecule has 2 rings (SSSR count). The fourth-order valence-corrected chi connectivity index (χ4v) is 2.96. The van der Waals surface area contributed by atoms with Crippen molar-refractivity contribution >= 4 is 23.3 Å². The number of aryl methyl sites for hydroxylation is 1. The molecule has 3 nitrogen and oxygen atoms in total. The molecule has 17 heavy (non-hydrogen) atoms. The van der Waals surface area contributed by atoms with E-state index in [0.29, 0.717) is 17.9 Å². The zero-order valence-electron chi connectivity index (χ0n) is 9.31. The van der Waals surface area contributed by atoms with Crippen LogP contribution in [0.2, 0.25) is 0 Å². The fourth-order valence-electron chi connectivity index (χ4n) is 1.34. The van der Waals surface area contributed by atoms with Crippen molar-refractivity contribution in [2.75, 3.05) is 0 Å². The summed E-state index contributed by atoms with van der Waals surface area (Å²) in [7, 11) is 0. The maximum Gasteiger partial charge on any atom is 0.170 e. The van der Waals surface area contributed by atoms with Crippen molar-refractivity contribution in [3.63, 3.8) is 0 Å². The molecule has 1 heterocycles. The Labute approximate surface area is 107 Å². The van der Waals surface area contributed by atoms with Crippen molar-refractivity contribution in [3.05, 3.63) is 41.0 Å². The molecule has 90 valence electrons. The van der Waals surface area contributed by atoms with Crippen LogP contribution in [0.15, 0.2) is 22.5 Å². The summed E-state index contributed by atoms with van der Waals surface area (Å²) >= 11 is 2.83. The number of aromatic nitrogens is 2. The predicted molar refractivity (Wildman–Crippen MR) is 68.5 cm³/mol. The minimum atomic E-state index is -0.198. The summed E-state index contributed by atoms with van der Waals surface area (Å²) in [6.45, 7) is 2.27. The Morgan fingerprint density at radius 2 is 2.29 bits per heavy atom. The molecule has 0 spiro atoms. The first-order valence-corrected chi connectivity index (χ1v) is 6.85. The van der Waals surface area contributed by atoms with Gasteiger partial charge in [-0.15, -0.1) is 0 Å². The van der Waals surface area contributed by atoms with Gasteiger partial charge in [0.1, 0.15) is 11.6 Å². The molecule has 0 amide bonds. The molecule has 2 N–H and O–H groups in total. The van der Waals surface area contributed by atoms with E-state index in [0.717, 1.165) is 15.7 Å². The van der Waals surface area contributed by atoms with Crippen molar-refractivity contribution in [2.45, 2.75) is 23.6 Å². The molecule has 0 saturated heterocycles.